The second-order valence-electron chi connectivity index (χ2n) is 7.16. The molecule has 0 fully saturated rings. The molecular weight excluding hydrogens is 420 g/mol. The van der Waals surface area contributed by atoms with Gasteiger partial charge in [-0.3, -0.25) is 24.0 Å². The van der Waals surface area contributed by atoms with Gasteiger partial charge in [0.1, 0.15) is 18.1 Å². The molecule has 0 aliphatic rings. The number of aliphatic carboxylic acids is 3. The zero-order chi connectivity index (χ0) is 24.5. The highest BCUT2D eigenvalue weighted by Crippen LogP contribution is 2.05. The summed E-state index contributed by atoms with van der Waals surface area (Å²) in [6.07, 6.45) is -3.20. The van der Waals surface area contributed by atoms with Gasteiger partial charge in [0.2, 0.25) is 17.7 Å². The van der Waals surface area contributed by atoms with E-state index >= 15 is 0 Å². The van der Waals surface area contributed by atoms with Crippen molar-refractivity contribution in [2.24, 2.45) is 11.7 Å². The standard InChI is InChI=1S/C17H28N4O10/c1-6(2)12(17(30)31)20-15(28)9(5-11(25)26)19-16(29)13(7(3)22)21-14(27)8(18)4-10(23)24/h6-9,12-13,22H,4-5,18H2,1-3H3,(H,19,29)(H,20,28)(H,21,27)(H,23,24)(H,25,26)(H,30,31). The molecule has 0 saturated carbocycles. The molecule has 0 radical (unpaired) electrons. The molecule has 5 atom stereocenters. The Kier molecular flexibility index (Phi) is 11.1. The third-order valence-corrected chi connectivity index (χ3v) is 4.04. The first-order chi connectivity index (χ1) is 14.2. The van der Waals surface area contributed by atoms with Crippen LogP contribution in [-0.2, 0) is 28.8 Å². The highest BCUT2D eigenvalue weighted by Gasteiger charge is 2.34. The molecule has 14 nitrogen and oxygen atoms in total. The smallest absolute Gasteiger partial charge is 0.326 e. The van der Waals surface area contributed by atoms with Gasteiger partial charge in [0.15, 0.2) is 0 Å². The number of carbonyl (C=O) groups is 6. The number of nitrogens with one attached hydrogen (secondary N) is 3. The topological polar surface area (TPSA) is 245 Å². The monoisotopic (exact) mass is 448 g/mol. The molecule has 0 bridgehead atoms. The largest absolute Gasteiger partial charge is 0.481 e. The number of carboxylic acids is 3. The second kappa shape index (κ2) is 12.4. The van der Waals surface area contributed by atoms with E-state index in [9.17, 15) is 33.9 Å². The number of nitrogens with two attached hydrogens (primary N) is 1. The van der Waals surface area contributed by atoms with Crippen molar-refractivity contribution in [2.45, 2.75) is 63.9 Å². The molecule has 0 spiro atoms. The SMILES string of the molecule is CC(C)C(NC(=O)C(CC(=O)O)NC(=O)C(NC(=O)C(N)CC(=O)O)C(C)O)C(=O)O. The summed E-state index contributed by atoms with van der Waals surface area (Å²) in [7, 11) is 0. The quantitative estimate of drug-likeness (QED) is 0.140. The number of hydrogen-bond acceptors (Lipinski definition) is 8. The van der Waals surface area contributed by atoms with Crippen molar-refractivity contribution in [2.75, 3.05) is 0 Å². The van der Waals surface area contributed by atoms with Crippen LogP contribution in [0.25, 0.3) is 0 Å². The first-order valence-corrected chi connectivity index (χ1v) is 9.18. The van der Waals surface area contributed by atoms with Crippen LogP contribution in [0, 0.1) is 5.92 Å². The van der Waals surface area contributed by atoms with Crippen LogP contribution in [0.2, 0.25) is 0 Å². The summed E-state index contributed by atoms with van der Waals surface area (Å²) in [6.45, 7) is 4.12. The summed E-state index contributed by atoms with van der Waals surface area (Å²) < 4.78 is 0. The van der Waals surface area contributed by atoms with Crippen molar-refractivity contribution in [1.29, 1.82) is 0 Å². The minimum Gasteiger partial charge on any atom is -0.481 e. The van der Waals surface area contributed by atoms with Gasteiger partial charge in [0, 0.05) is 0 Å². The number of carboxylic acid groups (broad SMARTS) is 3. The van der Waals surface area contributed by atoms with Crippen molar-refractivity contribution in [3.05, 3.63) is 0 Å². The summed E-state index contributed by atoms with van der Waals surface area (Å²) >= 11 is 0. The maximum Gasteiger partial charge on any atom is 0.326 e. The number of carbonyl (C=O) groups excluding carboxylic acids is 3. The Morgan fingerprint density at radius 1 is 0.742 bits per heavy atom. The molecule has 176 valence electrons. The third kappa shape index (κ3) is 9.86. The van der Waals surface area contributed by atoms with Crippen LogP contribution in [0.1, 0.15) is 33.6 Å². The average Bonchev–Trinajstić information content (AvgIpc) is 2.60. The van der Waals surface area contributed by atoms with Gasteiger partial charge in [0.25, 0.3) is 0 Å². The number of hydrogen-bond donors (Lipinski definition) is 8. The fourth-order valence-corrected chi connectivity index (χ4v) is 2.36. The van der Waals surface area contributed by atoms with Gasteiger partial charge in [-0.05, 0) is 12.8 Å². The predicted octanol–water partition coefficient (Wildman–Crippen LogP) is -3.16. The van der Waals surface area contributed by atoms with Gasteiger partial charge in [-0.2, -0.15) is 0 Å². The van der Waals surface area contributed by atoms with Crippen molar-refractivity contribution in [3.63, 3.8) is 0 Å². The van der Waals surface area contributed by atoms with Crippen LogP contribution in [0.3, 0.4) is 0 Å². The molecule has 0 aromatic carbocycles. The summed E-state index contributed by atoms with van der Waals surface area (Å²) in [5, 5.41) is 42.8. The first-order valence-electron chi connectivity index (χ1n) is 9.18. The molecule has 3 amide bonds. The van der Waals surface area contributed by atoms with Crippen molar-refractivity contribution in [1.82, 2.24) is 16.0 Å². The lowest BCUT2D eigenvalue weighted by Crippen LogP contribution is -2.60. The Morgan fingerprint density at radius 2 is 1.23 bits per heavy atom. The summed E-state index contributed by atoms with van der Waals surface area (Å²) in [6, 6.07) is -6.32. The molecule has 0 aromatic rings. The Hall–Kier alpha value is -3.26. The lowest BCUT2D eigenvalue weighted by molar-refractivity contribution is -0.144. The van der Waals surface area contributed by atoms with Crippen LogP contribution in [0.5, 0.6) is 0 Å². The molecular formula is C17H28N4O10. The molecule has 14 heteroatoms. The molecule has 0 aromatic heterocycles. The minimum atomic E-state index is -1.73. The second-order valence-corrected chi connectivity index (χ2v) is 7.16. The van der Waals surface area contributed by atoms with Crippen molar-refractivity contribution >= 4 is 35.6 Å². The van der Waals surface area contributed by atoms with Crippen LogP contribution in [-0.4, -0.2) is 86.3 Å². The van der Waals surface area contributed by atoms with Crippen LogP contribution in [0.4, 0.5) is 0 Å². The fourth-order valence-electron chi connectivity index (χ4n) is 2.36. The molecule has 0 aliphatic carbocycles. The Labute approximate surface area is 177 Å². The van der Waals surface area contributed by atoms with E-state index < -0.39 is 84.7 Å². The van der Waals surface area contributed by atoms with E-state index in [1.54, 1.807) is 0 Å². The van der Waals surface area contributed by atoms with E-state index in [1.807, 2.05) is 10.6 Å². The van der Waals surface area contributed by atoms with E-state index in [1.165, 1.54) is 13.8 Å². The molecule has 0 aliphatic heterocycles. The number of rotatable bonds is 13. The summed E-state index contributed by atoms with van der Waals surface area (Å²) in [4.78, 5) is 69.8. The molecule has 9 N–H and O–H groups in total. The maximum atomic E-state index is 12.5. The summed E-state index contributed by atoms with van der Waals surface area (Å²) in [5.74, 6) is -8.13. The van der Waals surface area contributed by atoms with Crippen LogP contribution >= 0.6 is 0 Å². The Balaban J connectivity index is 5.46. The first kappa shape index (κ1) is 27.7. The van der Waals surface area contributed by atoms with Gasteiger partial charge in [-0.25, -0.2) is 4.79 Å². The molecule has 0 saturated heterocycles. The van der Waals surface area contributed by atoms with E-state index in [0.29, 0.717) is 0 Å². The summed E-state index contributed by atoms with van der Waals surface area (Å²) in [5.41, 5.74) is 5.39. The highest BCUT2D eigenvalue weighted by atomic mass is 16.4. The van der Waals surface area contributed by atoms with Crippen LogP contribution < -0.4 is 21.7 Å². The molecule has 5 unspecified atom stereocenters. The number of aliphatic hydroxyl groups is 1. The Morgan fingerprint density at radius 3 is 1.61 bits per heavy atom. The van der Waals surface area contributed by atoms with Gasteiger partial charge in [-0.15, -0.1) is 0 Å². The zero-order valence-corrected chi connectivity index (χ0v) is 17.2. The van der Waals surface area contributed by atoms with Crippen LogP contribution in [0.15, 0.2) is 0 Å². The lowest BCUT2D eigenvalue weighted by Gasteiger charge is -2.26. The van der Waals surface area contributed by atoms with E-state index in [0.717, 1.165) is 6.92 Å². The fraction of sp³-hybridized carbons (Fsp3) is 0.647. The average molecular weight is 448 g/mol. The number of amides is 3. The van der Waals surface area contributed by atoms with Gasteiger partial charge < -0.3 is 42.1 Å². The number of aliphatic hydroxyl groups excluding tert-OH is 1. The van der Waals surface area contributed by atoms with Crippen molar-refractivity contribution in [3.8, 4) is 0 Å². The molecule has 0 heterocycles. The van der Waals surface area contributed by atoms with Gasteiger partial charge in [0.05, 0.1) is 25.0 Å². The highest BCUT2D eigenvalue weighted by molar-refractivity contribution is 5.96. The van der Waals surface area contributed by atoms with E-state index in [-0.39, 0.29) is 0 Å². The van der Waals surface area contributed by atoms with Gasteiger partial charge >= 0.3 is 17.9 Å². The normalized spacial score (nSPS) is 15.7. The predicted molar refractivity (Wildman–Crippen MR) is 102 cm³/mol. The zero-order valence-electron chi connectivity index (χ0n) is 17.2. The van der Waals surface area contributed by atoms with E-state index in [4.69, 9.17) is 21.1 Å². The van der Waals surface area contributed by atoms with E-state index in [2.05, 4.69) is 5.32 Å². The van der Waals surface area contributed by atoms with Crippen molar-refractivity contribution < 1.29 is 49.2 Å². The molecule has 31 heavy (non-hydrogen) atoms. The minimum absolute atomic E-state index is 0.553. The third-order valence-electron chi connectivity index (χ3n) is 4.04. The Bertz CT molecular complexity index is 709. The lowest BCUT2D eigenvalue weighted by atomic mass is 10.0. The maximum absolute atomic E-state index is 12.5. The van der Waals surface area contributed by atoms with Gasteiger partial charge in [-0.1, -0.05) is 13.8 Å². The molecule has 0 rings (SSSR count).